The third kappa shape index (κ3) is 3.52. The Hall–Kier alpha value is -1.92. The van der Waals surface area contributed by atoms with Gasteiger partial charge < -0.3 is 4.74 Å². The molecule has 0 amide bonds. The van der Waals surface area contributed by atoms with Crippen molar-refractivity contribution in [2.75, 3.05) is 7.11 Å². The van der Waals surface area contributed by atoms with Crippen molar-refractivity contribution in [2.24, 2.45) is 0 Å². The van der Waals surface area contributed by atoms with Gasteiger partial charge in [-0.1, -0.05) is 12.1 Å². The second-order valence-electron chi connectivity index (χ2n) is 3.86. The van der Waals surface area contributed by atoms with Crippen LogP contribution in [0.3, 0.4) is 0 Å². The van der Waals surface area contributed by atoms with Gasteiger partial charge in [-0.2, -0.15) is 0 Å². The van der Waals surface area contributed by atoms with Crippen LogP contribution in [0, 0.1) is 0 Å². The maximum atomic E-state index is 12.0. The Morgan fingerprint density at radius 1 is 1.21 bits per heavy atom. The second-order valence-corrected chi connectivity index (χ2v) is 5.63. The van der Waals surface area contributed by atoms with E-state index in [1.54, 1.807) is 25.3 Å². The SMILES string of the molecule is COc1ccc(CNS(=O)(=O)c2cccnc2)cc1. The summed E-state index contributed by atoms with van der Waals surface area (Å²) in [6, 6.07) is 10.3. The van der Waals surface area contributed by atoms with E-state index in [1.165, 1.54) is 18.5 Å². The Morgan fingerprint density at radius 2 is 1.95 bits per heavy atom. The van der Waals surface area contributed by atoms with Crippen LogP contribution in [0.1, 0.15) is 5.56 Å². The summed E-state index contributed by atoms with van der Waals surface area (Å²) in [6.45, 7) is 0.223. The quantitative estimate of drug-likeness (QED) is 0.901. The summed E-state index contributed by atoms with van der Waals surface area (Å²) < 4.78 is 31.5. The number of rotatable bonds is 5. The molecule has 100 valence electrons. The van der Waals surface area contributed by atoms with E-state index in [9.17, 15) is 8.42 Å². The van der Waals surface area contributed by atoms with Gasteiger partial charge in [0.25, 0.3) is 0 Å². The highest BCUT2D eigenvalue weighted by molar-refractivity contribution is 7.89. The summed E-state index contributed by atoms with van der Waals surface area (Å²) in [4.78, 5) is 3.95. The van der Waals surface area contributed by atoms with Gasteiger partial charge in [-0.15, -0.1) is 0 Å². The number of methoxy groups -OCH3 is 1. The third-order valence-electron chi connectivity index (χ3n) is 2.57. The Morgan fingerprint density at radius 3 is 2.53 bits per heavy atom. The molecule has 0 radical (unpaired) electrons. The van der Waals surface area contributed by atoms with E-state index in [0.29, 0.717) is 0 Å². The molecule has 2 rings (SSSR count). The second kappa shape index (κ2) is 5.81. The zero-order chi connectivity index (χ0) is 13.7. The van der Waals surface area contributed by atoms with Gasteiger partial charge in [0.1, 0.15) is 10.6 Å². The lowest BCUT2D eigenvalue weighted by atomic mass is 10.2. The first-order chi connectivity index (χ1) is 9.12. The smallest absolute Gasteiger partial charge is 0.242 e. The van der Waals surface area contributed by atoms with E-state index in [1.807, 2.05) is 12.1 Å². The van der Waals surface area contributed by atoms with Crippen molar-refractivity contribution in [2.45, 2.75) is 11.4 Å². The molecule has 19 heavy (non-hydrogen) atoms. The molecule has 0 aliphatic rings. The van der Waals surface area contributed by atoms with Gasteiger partial charge in [0.2, 0.25) is 10.0 Å². The molecule has 0 fully saturated rings. The molecule has 0 aliphatic heterocycles. The standard InChI is InChI=1S/C13H14N2O3S/c1-18-12-6-4-11(5-7-12)9-15-19(16,17)13-3-2-8-14-10-13/h2-8,10,15H,9H2,1H3. The molecule has 1 aromatic carbocycles. The molecule has 0 atom stereocenters. The fourth-order valence-corrected chi connectivity index (χ4v) is 2.49. The average molecular weight is 278 g/mol. The van der Waals surface area contributed by atoms with Crippen LogP contribution in [0.4, 0.5) is 0 Å². The third-order valence-corrected chi connectivity index (χ3v) is 3.96. The first-order valence-electron chi connectivity index (χ1n) is 5.64. The lowest BCUT2D eigenvalue weighted by Gasteiger charge is -2.07. The number of hydrogen-bond acceptors (Lipinski definition) is 4. The monoisotopic (exact) mass is 278 g/mol. The minimum atomic E-state index is -3.52. The van der Waals surface area contributed by atoms with Crippen LogP contribution in [0.2, 0.25) is 0 Å². The van der Waals surface area contributed by atoms with E-state index >= 15 is 0 Å². The van der Waals surface area contributed by atoms with Gasteiger partial charge in [-0.25, -0.2) is 13.1 Å². The highest BCUT2D eigenvalue weighted by Gasteiger charge is 2.13. The van der Waals surface area contributed by atoms with Crippen molar-refractivity contribution >= 4 is 10.0 Å². The Balaban J connectivity index is 2.05. The maximum absolute atomic E-state index is 12.0. The molecule has 0 saturated heterocycles. The summed E-state index contributed by atoms with van der Waals surface area (Å²) >= 11 is 0. The number of pyridine rings is 1. The molecule has 1 aromatic heterocycles. The number of ether oxygens (including phenoxy) is 1. The Labute approximate surface area is 112 Å². The van der Waals surface area contributed by atoms with E-state index in [2.05, 4.69) is 9.71 Å². The number of sulfonamides is 1. The van der Waals surface area contributed by atoms with Crippen molar-refractivity contribution in [3.63, 3.8) is 0 Å². The van der Waals surface area contributed by atoms with E-state index in [0.717, 1.165) is 11.3 Å². The van der Waals surface area contributed by atoms with Crippen LogP contribution in [0.5, 0.6) is 5.75 Å². The van der Waals surface area contributed by atoms with Crippen molar-refractivity contribution < 1.29 is 13.2 Å². The first kappa shape index (κ1) is 13.5. The van der Waals surface area contributed by atoms with Crippen molar-refractivity contribution in [3.8, 4) is 5.75 Å². The van der Waals surface area contributed by atoms with Crippen LogP contribution in [0.15, 0.2) is 53.7 Å². The summed E-state index contributed by atoms with van der Waals surface area (Å²) in [5.41, 5.74) is 0.855. The molecule has 0 saturated carbocycles. The normalized spacial score (nSPS) is 11.2. The van der Waals surface area contributed by atoms with Crippen LogP contribution in [-0.4, -0.2) is 20.5 Å². The van der Waals surface area contributed by atoms with Gasteiger partial charge in [0.15, 0.2) is 0 Å². The van der Waals surface area contributed by atoms with Crippen molar-refractivity contribution in [1.82, 2.24) is 9.71 Å². The predicted octanol–water partition coefficient (Wildman–Crippen LogP) is 1.57. The number of nitrogens with zero attached hydrogens (tertiary/aromatic N) is 1. The molecule has 2 aromatic rings. The zero-order valence-corrected chi connectivity index (χ0v) is 11.2. The van der Waals surface area contributed by atoms with Gasteiger partial charge in [0, 0.05) is 18.9 Å². The van der Waals surface area contributed by atoms with Crippen molar-refractivity contribution in [3.05, 3.63) is 54.4 Å². The number of benzene rings is 1. The number of nitrogens with one attached hydrogen (secondary N) is 1. The molecule has 0 spiro atoms. The first-order valence-corrected chi connectivity index (χ1v) is 7.13. The Bertz CT molecular complexity index is 625. The van der Waals surface area contributed by atoms with Crippen LogP contribution in [-0.2, 0) is 16.6 Å². The van der Waals surface area contributed by atoms with Gasteiger partial charge in [-0.05, 0) is 29.8 Å². The predicted molar refractivity (Wildman–Crippen MR) is 71.3 cm³/mol. The van der Waals surface area contributed by atoms with Crippen LogP contribution in [0.25, 0.3) is 0 Å². The van der Waals surface area contributed by atoms with Crippen LogP contribution < -0.4 is 9.46 Å². The van der Waals surface area contributed by atoms with Gasteiger partial charge in [-0.3, -0.25) is 4.98 Å². The maximum Gasteiger partial charge on any atom is 0.242 e. The van der Waals surface area contributed by atoms with Crippen molar-refractivity contribution in [1.29, 1.82) is 0 Å². The van der Waals surface area contributed by atoms with E-state index in [-0.39, 0.29) is 11.4 Å². The molecule has 6 heteroatoms. The summed E-state index contributed by atoms with van der Waals surface area (Å²) in [5.74, 6) is 0.735. The molecule has 5 nitrogen and oxygen atoms in total. The lowest BCUT2D eigenvalue weighted by molar-refractivity contribution is 0.414. The number of aromatic nitrogens is 1. The summed E-state index contributed by atoms with van der Waals surface area (Å²) in [6.07, 6.45) is 2.85. The minimum absolute atomic E-state index is 0.156. The molecular weight excluding hydrogens is 264 g/mol. The zero-order valence-electron chi connectivity index (χ0n) is 10.4. The van der Waals surface area contributed by atoms with E-state index < -0.39 is 10.0 Å². The molecule has 0 aliphatic carbocycles. The lowest BCUT2D eigenvalue weighted by Crippen LogP contribution is -2.23. The molecule has 0 bridgehead atoms. The summed E-state index contributed by atoms with van der Waals surface area (Å²) in [5, 5.41) is 0. The highest BCUT2D eigenvalue weighted by Crippen LogP contribution is 2.12. The topological polar surface area (TPSA) is 68.3 Å². The van der Waals surface area contributed by atoms with E-state index in [4.69, 9.17) is 4.74 Å². The highest BCUT2D eigenvalue weighted by atomic mass is 32.2. The van der Waals surface area contributed by atoms with Gasteiger partial charge in [0.05, 0.1) is 7.11 Å². The Kier molecular flexibility index (Phi) is 4.13. The minimum Gasteiger partial charge on any atom is -0.497 e. The fraction of sp³-hybridized carbons (Fsp3) is 0.154. The fourth-order valence-electron chi connectivity index (χ4n) is 1.51. The van der Waals surface area contributed by atoms with Crippen LogP contribution >= 0.6 is 0 Å². The molecular formula is C13H14N2O3S. The molecule has 0 unspecified atom stereocenters. The van der Waals surface area contributed by atoms with Gasteiger partial charge >= 0.3 is 0 Å². The number of hydrogen-bond donors (Lipinski definition) is 1. The molecule has 1 N–H and O–H groups in total. The largest absolute Gasteiger partial charge is 0.497 e. The average Bonchev–Trinajstić information content (AvgIpc) is 2.47. The summed E-state index contributed by atoms with van der Waals surface area (Å²) in [7, 11) is -1.93. The molecule has 1 heterocycles.